The highest BCUT2D eigenvalue weighted by Crippen LogP contribution is 2.31. The standard InChI is InChI=1S/C22H26ClNO5/c1-13(2)16-7-6-14(3)8-19(16)28-12-22(26)29-11-21(25)24-18-9-15(4)17(23)10-20(18)27-5/h6-10,13H,11-12H2,1-5H3,(H,24,25). The predicted molar refractivity (Wildman–Crippen MR) is 113 cm³/mol. The van der Waals surface area contributed by atoms with Crippen LogP contribution in [0.15, 0.2) is 30.3 Å². The summed E-state index contributed by atoms with van der Waals surface area (Å²) in [5, 5.41) is 3.18. The fourth-order valence-corrected chi connectivity index (χ4v) is 2.84. The SMILES string of the molecule is COc1cc(Cl)c(C)cc1NC(=O)COC(=O)COc1cc(C)ccc1C(C)C. The second-order valence-electron chi connectivity index (χ2n) is 7.00. The van der Waals surface area contributed by atoms with Crippen LogP contribution in [0, 0.1) is 13.8 Å². The first-order valence-corrected chi connectivity index (χ1v) is 9.62. The van der Waals surface area contributed by atoms with E-state index in [1.165, 1.54) is 7.11 Å². The zero-order chi connectivity index (χ0) is 21.6. The van der Waals surface area contributed by atoms with Crippen LogP contribution >= 0.6 is 11.6 Å². The second kappa shape index (κ2) is 10.2. The van der Waals surface area contributed by atoms with Gasteiger partial charge < -0.3 is 19.5 Å². The summed E-state index contributed by atoms with van der Waals surface area (Å²) in [6.07, 6.45) is 0. The van der Waals surface area contributed by atoms with Crippen LogP contribution in [-0.4, -0.2) is 32.2 Å². The Morgan fingerprint density at radius 3 is 2.45 bits per heavy atom. The molecule has 0 saturated carbocycles. The molecule has 7 heteroatoms. The minimum atomic E-state index is -0.629. The van der Waals surface area contributed by atoms with Gasteiger partial charge in [-0.2, -0.15) is 0 Å². The van der Waals surface area contributed by atoms with Crippen molar-refractivity contribution >= 4 is 29.2 Å². The van der Waals surface area contributed by atoms with Crippen LogP contribution in [0.2, 0.25) is 5.02 Å². The quantitative estimate of drug-likeness (QED) is 0.630. The summed E-state index contributed by atoms with van der Waals surface area (Å²) >= 11 is 6.05. The minimum absolute atomic E-state index is 0.255. The second-order valence-corrected chi connectivity index (χ2v) is 7.40. The van der Waals surface area contributed by atoms with Crippen LogP contribution in [0.5, 0.6) is 11.5 Å². The van der Waals surface area contributed by atoms with E-state index in [0.29, 0.717) is 22.2 Å². The van der Waals surface area contributed by atoms with Gasteiger partial charge in [0.15, 0.2) is 13.2 Å². The highest BCUT2D eigenvalue weighted by Gasteiger charge is 2.14. The van der Waals surface area contributed by atoms with Crippen molar-refractivity contribution in [3.8, 4) is 11.5 Å². The van der Waals surface area contributed by atoms with E-state index in [1.807, 2.05) is 45.9 Å². The third-order valence-electron chi connectivity index (χ3n) is 4.26. The van der Waals surface area contributed by atoms with Crippen molar-refractivity contribution in [2.75, 3.05) is 25.6 Å². The van der Waals surface area contributed by atoms with E-state index in [4.69, 9.17) is 25.8 Å². The highest BCUT2D eigenvalue weighted by molar-refractivity contribution is 6.31. The molecule has 0 aliphatic carbocycles. The van der Waals surface area contributed by atoms with E-state index in [2.05, 4.69) is 5.32 Å². The topological polar surface area (TPSA) is 73.9 Å². The van der Waals surface area contributed by atoms with Crippen molar-refractivity contribution in [2.45, 2.75) is 33.6 Å². The van der Waals surface area contributed by atoms with Gasteiger partial charge in [-0.3, -0.25) is 4.79 Å². The number of halogens is 1. The van der Waals surface area contributed by atoms with Crippen molar-refractivity contribution in [1.82, 2.24) is 0 Å². The maximum absolute atomic E-state index is 12.1. The summed E-state index contributed by atoms with van der Waals surface area (Å²) in [6, 6.07) is 9.16. The minimum Gasteiger partial charge on any atom is -0.495 e. The van der Waals surface area contributed by atoms with Crippen LogP contribution in [0.1, 0.15) is 36.5 Å². The Morgan fingerprint density at radius 2 is 1.79 bits per heavy atom. The molecule has 0 spiro atoms. The number of amides is 1. The van der Waals surface area contributed by atoms with Crippen LogP contribution in [0.4, 0.5) is 5.69 Å². The van der Waals surface area contributed by atoms with Gasteiger partial charge in [0.2, 0.25) is 0 Å². The summed E-state index contributed by atoms with van der Waals surface area (Å²) in [7, 11) is 1.48. The number of aryl methyl sites for hydroxylation is 2. The van der Waals surface area contributed by atoms with Crippen molar-refractivity contribution in [2.24, 2.45) is 0 Å². The molecule has 0 unspecified atom stereocenters. The van der Waals surface area contributed by atoms with Crippen molar-refractivity contribution in [3.05, 3.63) is 52.0 Å². The molecule has 156 valence electrons. The molecule has 2 aromatic rings. The largest absolute Gasteiger partial charge is 0.495 e. The zero-order valence-corrected chi connectivity index (χ0v) is 18.1. The number of benzene rings is 2. The normalized spacial score (nSPS) is 10.6. The van der Waals surface area contributed by atoms with E-state index in [1.54, 1.807) is 12.1 Å². The number of nitrogens with one attached hydrogen (secondary N) is 1. The molecule has 0 atom stereocenters. The van der Waals surface area contributed by atoms with Crippen molar-refractivity contribution < 1.29 is 23.8 Å². The predicted octanol–water partition coefficient (Wildman–Crippen LogP) is 4.65. The third-order valence-corrected chi connectivity index (χ3v) is 4.66. The molecule has 0 bridgehead atoms. The first kappa shape index (κ1) is 22.6. The molecule has 0 fully saturated rings. The fraction of sp³-hybridized carbons (Fsp3) is 0.364. The van der Waals surface area contributed by atoms with Crippen LogP contribution in [-0.2, 0) is 14.3 Å². The maximum atomic E-state index is 12.1. The Labute approximate surface area is 176 Å². The number of hydrogen-bond donors (Lipinski definition) is 1. The van der Waals surface area contributed by atoms with Gasteiger partial charge in [-0.05, 0) is 48.6 Å². The summed E-state index contributed by atoms with van der Waals surface area (Å²) in [6.45, 7) is 7.15. The Hall–Kier alpha value is -2.73. The summed E-state index contributed by atoms with van der Waals surface area (Å²) in [5.74, 6) is 0.199. The number of esters is 1. The maximum Gasteiger partial charge on any atom is 0.344 e. The van der Waals surface area contributed by atoms with Crippen molar-refractivity contribution in [1.29, 1.82) is 0 Å². The van der Waals surface area contributed by atoms with Gasteiger partial charge in [-0.15, -0.1) is 0 Å². The number of carbonyl (C=O) groups is 2. The van der Waals surface area contributed by atoms with Gasteiger partial charge in [0.1, 0.15) is 11.5 Å². The van der Waals surface area contributed by atoms with Crippen LogP contribution in [0.25, 0.3) is 0 Å². The first-order valence-electron chi connectivity index (χ1n) is 9.24. The van der Waals surface area contributed by atoms with E-state index >= 15 is 0 Å². The first-order chi connectivity index (χ1) is 13.7. The van der Waals surface area contributed by atoms with Gasteiger partial charge in [0.25, 0.3) is 5.91 Å². The number of carbonyl (C=O) groups excluding carboxylic acids is 2. The molecule has 0 aromatic heterocycles. The monoisotopic (exact) mass is 419 g/mol. The van der Waals surface area contributed by atoms with Gasteiger partial charge in [-0.1, -0.05) is 37.6 Å². The van der Waals surface area contributed by atoms with Crippen LogP contribution in [0.3, 0.4) is 0 Å². The molecule has 0 saturated heterocycles. The number of methoxy groups -OCH3 is 1. The molecule has 1 N–H and O–H groups in total. The lowest BCUT2D eigenvalue weighted by Crippen LogP contribution is -2.24. The lowest BCUT2D eigenvalue weighted by atomic mass is 10.0. The molecule has 2 aromatic carbocycles. The number of rotatable bonds is 8. The Kier molecular flexibility index (Phi) is 7.91. The lowest BCUT2D eigenvalue weighted by Gasteiger charge is -2.15. The van der Waals surface area contributed by atoms with E-state index < -0.39 is 18.5 Å². The van der Waals surface area contributed by atoms with E-state index in [0.717, 1.165) is 16.7 Å². The molecule has 0 radical (unpaired) electrons. The zero-order valence-electron chi connectivity index (χ0n) is 17.3. The molecule has 2 rings (SSSR count). The van der Waals surface area contributed by atoms with Crippen molar-refractivity contribution in [3.63, 3.8) is 0 Å². The fourth-order valence-electron chi connectivity index (χ4n) is 2.68. The number of anilines is 1. The summed E-state index contributed by atoms with van der Waals surface area (Å²) in [5.41, 5.74) is 3.27. The molecular formula is C22H26ClNO5. The number of ether oxygens (including phenoxy) is 3. The lowest BCUT2D eigenvalue weighted by molar-refractivity contribution is -0.149. The molecule has 29 heavy (non-hydrogen) atoms. The molecule has 1 amide bonds. The van der Waals surface area contributed by atoms with Gasteiger partial charge in [0, 0.05) is 11.1 Å². The Morgan fingerprint density at radius 1 is 1.07 bits per heavy atom. The van der Waals surface area contributed by atoms with Gasteiger partial charge in [-0.25, -0.2) is 4.79 Å². The third kappa shape index (κ3) is 6.39. The summed E-state index contributed by atoms with van der Waals surface area (Å²) < 4.78 is 15.8. The molecular weight excluding hydrogens is 394 g/mol. The molecule has 6 nitrogen and oxygen atoms in total. The molecule has 0 heterocycles. The van der Waals surface area contributed by atoms with E-state index in [9.17, 15) is 9.59 Å². The van der Waals surface area contributed by atoms with Crippen LogP contribution < -0.4 is 14.8 Å². The number of hydrogen-bond acceptors (Lipinski definition) is 5. The van der Waals surface area contributed by atoms with Gasteiger partial charge >= 0.3 is 5.97 Å². The molecule has 0 aliphatic heterocycles. The average Bonchev–Trinajstić information content (AvgIpc) is 2.67. The summed E-state index contributed by atoms with van der Waals surface area (Å²) in [4.78, 5) is 24.1. The highest BCUT2D eigenvalue weighted by atomic mass is 35.5. The Bertz CT molecular complexity index is 895. The molecule has 0 aliphatic rings. The smallest absolute Gasteiger partial charge is 0.344 e. The van der Waals surface area contributed by atoms with E-state index in [-0.39, 0.29) is 12.5 Å². The van der Waals surface area contributed by atoms with Gasteiger partial charge in [0.05, 0.1) is 12.8 Å². The average molecular weight is 420 g/mol. The Balaban J connectivity index is 1.89.